The number of hydrogen-bond acceptors (Lipinski definition) is 3. The molecule has 0 amide bonds. The summed E-state index contributed by atoms with van der Waals surface area (Å²) in [6, 6.07) is 4.77. The van der Waals surface area contributed by atoms with E-state index >= 15 is 0 Å². The van der Waals surface area contributed by atoms with Crippen molar-refractivity contribution >= 4 is 10.8 Å². The third-order valence-electron chi connectivity index (χ3n) is 3.39. The van der Waals surface area contributed by atoms with Gasteiger partial charge in [0.25, 0.3) is 0 Å². The number of fused-ring (bicyclic) bond motifs is 1. The summed E-state index contributed by atoms with van der Waals surface area (Å²) in [5, 5.41) is 9.37. The van der Waals surface area contributed by atoms with Crippen molar-refractivity contribution in [3.05, 3.63) is 35.8 Å². The smallest absolute Gasteiger partial charge is 0.0984 e. The molecule has 3 heteroatoms. The predicted octanol–water partition coefficient (Wildman–Crippen LogP) is 1.98. The van der Waals surface area contributed by atoms with E-state index in [1.165, 1.54) is 21.9 Å². The third-order valence-corrected chi connectivity index (χ3v) is 3.39. The summed E-state index contributed by atoms with van der Waals surface area (Å²) in [4.78, 5) is 0. The lowest BCUT2D eigenvalue weighted by Crippen LogP contribution is -2.42. The van der Waals surface area contributed by atoms with Crippen LogP contribution in [0, 0.1) is 6.92 Å². The number of rotatable bonds is 1. The van der Waals surface area contributed by atoms with Gasteiger partial charge in [-0.3, -0.25) is 0 Å². The molecule has 84 valence electrons. The molecule has 2 aromatic rings. The molecule has 2 N–H and O–H groups in total. The lowest BCUT2D eigenvalue weighted by atomic mass is 9.97. The van der Waals surface area contributed by atoms with E-state index in [9.17, 15) is 0 Å². The molecule has 3 nitrogen and oxygen atoms in total. The molecule has 2 heterocycles. The van der Waals surface area contributed by atoms with E-state index in [0.29, 0.717) is 6.04 Å². The minimum absolute atomic E-state index is 0.424. The van der Waals surface area contributed by atoms with Crippen LogP contribution in [0.3, 0.4) is 0 Å². The highest BCUT2D eigenvalue weighted by Crippen LogP contribution is 2.27. The number of furan rings is 1. The van der Waals surface area contributed by atoms with E-state index in [-0.39, 0.29) is 0 Å². The molecule has 1 atom stereocenters. The second kappa shape index (κ2) is 3.92. The fraction of sp³-hybridized carbons (Fsp3) is 0.385. The quantitative estimate of drug-likeness (QED) is 0.765. The van der Waals surface area contributed by atoms with Crippen LogP contribution < -0.4 is 10.6 Å². The van der Waals surface area contributed by atoms with Crippen LogP contribution in [-0.2, 0) is 0 Å². The Kier molecular flexibility index (Phi) is 2.42. The van der Waals surface area contributed by atoms with Gasteiger partial charge in [-0.1, -0.05) is 12.1 Å². The van der Waals surface area contributed by atoms with Crippen LogP contribution in [0.25, 0.3) is 10.8 Å². The fourth-order valence-corrected chi connectivity index (χ4v) is 2.45. The van der Waals surface area contributed by atoms with Gasteiger partial charge in [0.2, 0.25) is 0 Å². The minimum atomic E-state index is 0.424. The summed E-state index contributed by atoms with van der Waals surface area (Å²) >= 11 is 0. The lowest BCUT2D eigenvalue weighted by molar-refractivity contribution is 0.429. The first-order chi connectivity index (χ1) is 7.86. The Morgan fingerprint density at radius 2 is 2.19 bits per heavy atom. The second-order valence-electron chi connectivity index (χ2n) is 4.37. The van der Waals surface area contributed by atoms with E-state index in [1.54, 1.807) is 6.26 Å². The van der Waals surface area contributed by atoms with Crippen LogP contribution in [0.15, 0.2) is 29.1 Å². The van der Waals surface area contributed by atoms with Gasteiger partial charge in [0, 0.05) is 36.4 Å². The van der Waals surface area contributed by atoms with Crippen molar-refractivity contribution in [1.29, 1.82) is 0 Å². The van der Waals surface area contributed by atoms with Gasteiger partial charge in [-0.2, -0.15) is 0 Å². The molecule has 1 aromatic heterocycles. The first-order valence-corrected chi connectivity index (χ1v) is 5.76. The molecule has 1 unspecified atom stereocenters. The fourth-order valence-electron chi connectivity index (χ4n) is 2.45. The maximum absolute atomic E-state index is 5.25. The summed E-state index contributed by atoms with van der Waals surface area (Å²) in [5.74, 6) is 0. The highest BCUT2D eigenvalue weighted by molar-refractivity contribution is 5.85. The van der Waals surface area contributed by atoms with Crippen molar-refractivity contribution in [2.45, 2.75) is 13.0 Å². The Balaban J connectivity index is 2.05. The largest absolute Gasteiger partial charge is 0.471 e. The van der Waals surface area contributed by atoms with E-state index in [0.717, 1.165) is 19.6 Å². The van der Waals surface area contributed by atoms with E-state index < -0.39 is 0 Å². The van der Waals surface area contributed by atoms with Crippen LogP contribution in [-0.4, -0.2) is 19.6 Å². The van der Waals surface area contributed by atoms with Gasteiger partial charge >= 0.3 is 0 Å². The summed E-state index contributed by atoms with van der Waals surface area (Å²) < 4.78 is 5.25. The standard InChI is InChI=1S/C13H16N2O/c1-9-11(13-6-14-4-5-15-13)3-2-10-7-16-8-12(9)10/h2-3,7-8,13-15H,4-6H2,1H3. The van der Waals surface area contributed by atoms with Crippen molar-refractivity contribution in [3.8, 4) is 0 Å². The van der Waals surface area contributed by atoms with Crippen LogP contribution in [0.2, 0.25) is 0 Å². The number of aryl methyl sites for hydroxylation is 1. The summed E-state index contributed by atoms with van der Waals surface area (Å²) in [6.45, 7) is 5.27. The minimum Gasteiger partial charge on any atom is -0.471 e. The molecular weight excluding hydrogens is 200 g/mol. The first kappa shape index (κ1) is 9.87. The van der Waals surface area contributed by atoms with Gasteiger partial charge in [-0.25, -0.2) is 0 Å². The number of hydrogen-bond donors (Lipinski definition) is 2. The maximum Gasteiger partial charge on any atom is 0.0984 e. The van der Waals surface area contributed by atoms with Gasteiger partial charge < -0.3 is 15.1 Å². The van der Waals surface area contributed by atoms with E-state index in [4.69, 9.17) is 4.42 Å². The molecule has 0 bridgehead atoms. The topological polar surface area (TPSA) is 37.2 Å². The predicted molar refractivity (Wildman–Crippen MR) is 64.6 cm³/mol. The van der Waals surface area contributed by atoms with Crippen molar-refractivity contribution in [2.75, 3.05) is 19.6 Å². The van der Waals surface area contributed by atoms with Crippen LogP contribution in [0.1, 0.15) is 17.2 Å². The molecule has 0 aliphatic carbocycles. The summed E-state index contributed by atoms with van der Waals surface area (Å²) in [5.41, 5.74) is 2.70. The summed E-state index contributed by atoms with van der Waals surface area (Å²) in [6.07, 6.45) is 3.64. The molecule has 16 heavy (non-hydrogen) atoms. The lowest BCUT2D eigenvalue weighted by Gasteiger charge is -2.26. The maximum atomic E-state index is 5.25. The van der Waals surface area contributed by atoms with Gasteiger partial charge in [0.05, 0.1) is 12.5 Å². The molecule has 1 saturated heterocycles. The zero-order valence-electron chi connectivity index (χ0n) is 9.42. The molecule has 3 rings (SSSR count). The second-order valence-corrected chi connectivity index (χ2v) is 4.37. The molecule has 1 aliphatic heterocycles. The Morgan fingerprint density at radius 1 is 1.25 bits per heavy atom. The van der Waals surface area contributed by atoms with Gasteiger partial charge in [-0.05, 0) is 18.1 Å². The first-order valence-electron chi connectivity index (χ1n) is 5.76. The molecule has 1 aromatic carbocycles. The van der Waals surface area contributed by atoms with E-state index in [2.05, 4.69) is 29.7 Å². The number of benzene rings is 1. The van der Waals surface area contributed by atoms with Crippen LogP contribution in [0.5, 0.6) is 0 Å². The monoisotopic (exact) mass is 216 g/mol. The zero-order valence-corrected chi connectivity index (χ0v) is 9.42. The zero-order chi connectivity index (χ0) is 11.0. The van der Waals surface area contributed by atoms with E-state index in [1.807, 2.05) is 6.26 Å². The van der Waals surface area contributed by atoms with Crippen molar-refractivity contribution in [1.82, 2.24) is 10.6 Å². The van der Waals surface area contributed by atoms with Crippen molar-refractivity contribution in [3.63, 3.8) is 0 Å². The molecular formula is C13H16N2O. The van der Waals surface area contributed by atoms with Crippen LogP contribution in [0.4, 0.5) is 0 Å². The molecule has 0 spiro atoms. The third kappa shape index (κ3) is 1.52. The molecule has 1 aliphatic rings. The highest BCUT2D eigenvalue weighted by Gasteiger charge is 2.17. The van der Waals surface area contributed by atoms with Gasteiger partial charge in [0.15, 0.2) is 0 Å². The van der Waals surface area contributed by atoms with Crippen molar-refractivity contribution < 1.29 is 4.42 Å². The Morgan fingerprint density at radius 3 is 3.00 bits per heavy atom. The number of nitrogens with one attached hydrogen (secondary N) is 2. The Hall–Kier alpha value is -1.32. The van der Waals surface area contributed by atoms with Crippen molar-refractivity contribution in [2.24, 2.45) is 0 Å². The van der Waals surface area contributed by atoms with Gasteiger partial charge in [-0.15, -0.1) is 0 Å². The molecule has 1 fully saturated rings. The summed E-state index contributed by atoms with van der Waals surface area (Å²) in [7, 11) is 0. The highest BCUT2D eigenvalue weighted by atomic mass is 16.3. The molecule has 0 radical (unpaired) electrons. The molecule has 0 saturated carbocycles. The Labute approximate surface area is 94.8 Å². The van der Waals surface area contributed by atoms with Gasteiger partial charge in [0.1, 0.15) is 0 Å². The number of piperazine rings is 1. The average Bonchev–Trinajstić information content (AvgIpc) is 2.80. The Bertz CT molecular complexity index is 498. The van der Waals surface area contributed by atoms with Crippen LogP contribution >= 0.6 is 0 Å². The normalized spacial score (nSPS) is 21.4. The average molecular weight is 216 g/mol. The SMILES string of the molecule is Cc1c(C2CNCCN2)ccc2cocc12.